The Morgan fingerprint density at radius 1 is 1.23 bits per heavy atom. The van der Waals surface area contributed by atoms with Gasteiger partial charge in [0.2, 0.25) is 0 Å². The van der Waals surface area contributed by atoms with E-state index in [0.717, 1.165) is 64.6 Å². The zero-order valence-electron chi connectivity index (χ0n) is 17.1. The van der Waals surface area contributed by atoms with E-state index in [1.165, 1.54) is 11.5 Å². The van der Waals surface area contributed by atoms with Gasteiger partial charge < -0.3 is 15.0 Å². The van der Waals surface area contributed by atoms with Crippen molar-refractivity contribution < 1.29 is 5.11 Å². The lowest BCUT2D eigenvalue weighted by Gasteiger charge is -2.27. The predicted octanol–water partition coefficient (Wildman–Crippen LogP) is 3.23. The molecule has 2 N–H and O–H groups in total. The quantitative estimate of drug-likeness (QED) is 0.512. The van der Waals surface area contributed by atoms with Crippen LogP contribution in [-0.2, 0) is 13.5 Å². The molecule has 0 spiro atoms. The van der Waals surface area contributed by atoms with Crippen LogP contribution in [0.15, 0.2) is 30.7 Å². The van der Waals surface area contributed by atoms with Gasteiger partial charge >= 0.3 is 0 Å². The number of nitrogens with one attached hydrogen (secondary N) is 1. The van der Waals surface area contributed by atoms with Crippen LogP contribution in [0.1, 0.15) is 42.1 Å². The maximum atomic E-state index is 9.87. The molecule has 9 heteroatoms. The van der Waals surface area contributed by atoms with E-state index in [0.29, 0.717) is 12.5 Å². The molecule has 0 amide bonds. The Balaban J connectivity index is 1.55. The number of anilines is 1. The summed E-state index contributed by atoms with van der Waals surface area (Å²) in [7, 11) is 1.91. The second-order valence-electron chi connectivity index (χ2n) is 8.04. The Morgan fingerprint density at radius 2 is 2.07 bits per heavy atom. The monoisotopic (exact) mass is 423 g/mol. The van der Waals surface area contributed by atoms with Crippen molar-refractivity contribution in [3.63, 3.8) is 0 Å². The van der Waals surface area contributed by atoms with Crippen LogP contribution in [0.3, 0.4) is 0 Å². The van der Waals surface area contributed by atoms with E-state index in [1.807, 2.05) is 38.6 Å². The number of hydrogen-bond acceptors (Lipinski definition) is 7. The first kappa shape index (κ1) is 19.2. The molecule has 0 unspecified atom stereocenters. The smallest absolute Gasteiger partial charge is 0.154 e. The van der Waals surface area contributed by atoms with E-state index in [1.54, 1.807) is 4.68 Å². The van der Waals surface area contributed by atoms with Crippen molar-refractivity contribution in [1.82, 2.24) is 28.7 Å². The molecule has 4 heterocycles. The summed E-state index contributed by atoms with van der Waals surface area (Å²) >= 11 is 1.50. The molecule has 0 saturated heterocycles. The van der Waals surface area contributed by atoms with Crippen molar-refractivity contribution >= 4 is 28.4 Å². The van der Waals surface area contributed by atoms with E-state index in [4.69, 9.17) is 9.97 Å². The maximum absolute atomic E-state index is 9.87. The van der Waals surface area contributed by atoms with E-state index in [-0.39, 0.29) is 6.10 Å². The number of aliphatic hydroxyl groups is 1. The molecule has 1 aliphatic carbocycles. The Morgan fingerprint density at radius 3 is 2.77 bits per heavy atom. The Labute approximate surface area is 178 Å². The predicted molar refractivity (Wildman–Crippen MR) is 117 cm³/mol. The van der Waals surface area contributed by atoms with Gasteiger partial charge in [0.05, 0.1) is 29.2 Å². The summed E-state index contributed by atoms with van der Waals surface area (Å²) in [6.07, 6.45) is 9.84. The minimum Gasteiger partial charge on any atom is -0.393 e. The summed E-state index contributed by atoms with van der Waals surface area (Å²) in [6, 6.07) is 4.41. The first-order valence-electron chi connectivity index (χ1n) is 10.3. The fraction of sp³-hybridized carbons (Fsp3) is 0.429. The number of hydrogen-bond donors (Lipinski definition) is 2. The fourth-order valence-electron chi connectivity index (χ4n) is 4.09. The summed E-state index contributed by atoms with van der Waals surface area (Å²) in [5, 5.41) is 17.8. The molecule has 4 aromatic heterocycles. The molecule has 156 valence electrons. The van der Waals surface area contributed by atoms with Gasteiger partial charge in [0.1, 0.15) is 11.3 Å². The molecule has 1 aliphatic rings. The van der Waals surface area contributed by atoms with Crippen molar-refractivity contribution in [3.8, 4) is 5.69 Å². The van der Waals surface area contributed by atoms with Crippen LogP contribution in [-0.4, -0.2) is 45.9 Å². The first-order valence-corrected chi connectivity index (χ1v) is 11.1. The molecule has 0 bridgehead atoms. The molecular formula is C21H25N7OS. The van der Waals surface area contributed by atoms with Crippen molar-refractivity contribution in [1.29, 1.82) is 0 Å². The third kappa shape index (κ3) is 3.82. The van der Waals surface area contributed by atoms with Crippen molar-refractivity contribution in [2.75, 3.05) is 5.32 Å². The molecule has 0 aromatic carbocycles. The van der Waals surface area contributed by atoms with Gasteiger partial charge in [-0.15, -0.1) is 0 Å². The second kappa shape index (κ2) is 7.81. The van der Waals surface area contributed by atoms with Gasteiger partial charge in [-0.3, -0.25) is 4.68 Å². The van der Waals surface area contributed by atoms with Gasteiger partial charge in [0.15, 0.2) is 5.82 Å². The molecular weight excluding hydrogens is 398 g/mol. The minimum absolute atomic E-state index is 0.183. The number of aromatic nitrogens is 6. The van der Waals surface area contributed by atoms with Crippen molar-refractivity contribution in [3.05, 3.63) is 47.1 Å². The van der Waals surface area contributed by atoms with Gasteiger partial charge in [-0.25, -0.2) is 9.97 Å². The highest BCUT2D eigenvalue weighted by molar-refractivity contribution is 7.05. The van der Waals surface area contributed by atoms with Gasteiger partial charge in [-0.2, -0.15) is 9.47 Å². The molecule has 1 saturated carbocycles. The summed E-state index contributed by atoms with van der Waals surface area (Å²) in [6.45, 7) is 2.00. The summed E-state index contributed by atoms with van der Waals surface area (Å²) in [5.74, 6) is 1.62. The van der Waals surface area contributed by atoms with Gasteiger partial charge in [0.25, 0.3) is 0 Å². The molecule has 1 fully saturated rings. The van der Waals surface area contributed by atoms with Crippen LogP contribution in [0, 0.1) is 6.92 Å². The highest BCUT2D eigenvalue weighted by Gasteiger charge is 2.22. The number of nitrogens with zero attached hydrogens (tertiary/aromatic N) is 6. The average Bonchev–Trinajstić information content (AvgIpc) is 3.44. The van der Waals surface area contributed by atoms with Crippen LogP contribution in [0.25, 0.3) is 16.7 Å². The SMILES string of the molecule is Cc1cc(Cc2nc(NC3CCC(O)CC3)c3c(ccn3-c3cnn(C)c3)n2)sn1. The van der Waals surface area contributed by atoms with Crippen LogP contribution in [0.4, 0.5) is 5.82 Å². The van der Waals surface area contributed by atoms with E-state index in [2.05, 4.69) is 25.4 Å². The number of fused-ring (bicyclic) bond motifs is 1. The molecule has 8 nitrogen and oxygen atoms in total. The maximum Gasteiger partial charge on any atom is 0.154 e. The van der Waals surface area contributed by atoms with Gasteiger partial charge in [-0.05, 0) is 56.3 Å². The highest BCUT2D eigenvalue weighted by atomic mass is 32.1. The number of rotatable bonds is 5. The summed E-state index contributed by atoms with van der Waals surface area (Å²) in [4.78, 5) is 10.9. The lowest BCUT2D eigenvalue weighted by atomic mass is 9.93. The Hall–Kier alpha value is -2.78. The van der Waals surface area contributed by atoms with Gasteiger partial charge in [-0.1, -0.05) is 0 Å². The molecule has 5 rings (SSSR count). The lowest BCUT2D eigenvalue weighted by Crippen LogP contribution is -2.29. The molecule has 0 aliphatic heterocycles. The second-order valence-corrected chi connectivity index (χ2v) is 8.93. The average molecular weight is 424 g/mol. The molecule has 4 aromatic rings. The lowest BCUT2D eigenvalue weighted by molar-refractivity contribution is 0.126. The molecule has 0 atom stereocenters. The summed E-state index contributed by atoms with van der Waals surface area (Å²) in [5.41, 5.74) is 3.86. The zero-order chi connectivity index (χ0) is 20.7. The van der Waals surface area contributed by atoms with Crippen molar-refractivity contribution in [2.24, 2.45) is 7.05 Å². The van der Waals surface area contributed by atoms with Crippen LogP contribution >= 0.6 is 11.5 Å². The van der Waals surface area contributed by atoms with E-state index >= 15 is 0 Å². The fourth-order valence-corrected chi connectivity index (χ4v) is 4.82. The van der Waals surface area contributed by atoms with Crippen molar-refractivity contribution in [2.45, 2.75) is 51.2 Å². The normalized spacial score (nSPS) is 19.4. The minimum atomic E-state index is -0.183. The Kier molecular flexibility index (Phi) is 5.00. The number of aliphatic hydroxyl groups excluding tert-OH is 1. The van der Waals surface area contributed by atoms with Crippen LogP contribution in [0.5, 0.6) is 0 Å². The van der Waals surface area contributed by atoms with Crippen LogP contribution in [0.2, 0.25) is 0 Å². The third-order valence-electron chi connectivity index (χ3n) is 5.60. The topological polar surface area (TPSA) is 93.7 Å². The van der Waals surface area contributed by atoms with Crippen LogP contribution < -0.4 is 5.32 Å². The third-order valence-corrected chi connectivity index (χ3v) is 6.47. The van der Waals surface area contributed by atoms with E-state index < -0.39 is 0 Å². The number of aryl methyl sites for hydroxylation is 2. The first-order chi connectivity index (χ1) is 14.5. The largest absolute Gasteiger partial charge is 0.393 e. The zero-order valence-corrected chi connectivity index (χ0v) is 17.9. The Bertz CT molecular complexity index is 1170. The van der Waals surface area contributed by atoms with E-state index in [9.17, 15) is 5.11 Å². The summed E-state index contributed by atoms with van der Waals surface area (Å²) < 4.78 is 8.25. The molecule has 0 radical (unpaired) electrons. The standard InChI is InChI=1S/C21H25N7OS/c1-13-9-17(30-26-13)10-19-24-18-7-8-28(15-11-22-27(2)12-15)20(18)21(25-19)23-14-3-5-16(29)6-4-14/h7-9,11-12,14,16,29H,3-6,10H2,1-2H3,(H,23,24,25). The van der Waals surface area contributed by atoms with Gasteiger partial charge in [0, 0.05) is 36.8 Å². The molecule has 30 heavy (non-hydrogen) atoms. The highest BCUT2D eigenvalue weighted by Crippen LogP contribution is 2.29.